The van der Waals surface area contributed by atoms with Crippen LogP contribution in [0.25, 0.3) is 11.8 Å². The number of methoxy groups -OCH3 is 1. The first-order valence-corrected chi connectivity index (χ1v) is 8.44. The minimum absolute atomic E-state index is 0.128. The maximum Gasteiger partial charge on any atom is 0.248 e. The second-order valence-electron chi connectivity index (χ2n) is 6.00. The van der Waals surface area contributed by atoms with Crippen LogP contribution in [0.15, 0.2) is 54.6 Å². The number of hydrogen-bond acceptors (Lipinski definition) is 3. The summed E-state index contributed by atoms with van der Waals surface area (Å²) in [7, 11) is 1.39. The molecular weight excluding hydrogens is 345 g/mol. The molecule has 0 saturated carbocycles. The summed E-state index contributed by atoms with van der Waals surface area (Å²) in [6.45, 7) is 3.84. The number of benzene rings is 2. The number of nitrogens with one attached hydrogen (secondary N) is 1. The summed E-state index contributed by atoms with van der Waals surface area (Å²) in [5.74, 6) is -0.760. The molecule has 0 atom stereocenters. The lowest BCUT2D eigenvalue weighted by Crippen LogP contribution is -2.08. The van der Waals surface area contributed by atoms with Gasteiger partial charge in [0.1, 0.15) is 0 Å². The van der Waals surface area contributed by atoms with Crippen molar-refractivity contribution in [3.05, 3.63) is 77.4 Å². The van der Waals surface area contributed by atoms with E-state index in [1.54, 1.807) is 12.1 Å². The molecule has 0 spiro atoms. The van der Waals surface area contributed by atoms with Crippen LogP contribution in [0, 0.1) is 19.7 Å². The quantitative estimate of drug-likeness (QED) is 0.686. The summed E-state index contributed by atoms with van der Waals surface area (Å²) in [5, 5.41) is 7.18. The molecule has 1 heterocycles. The van der Waals surface area contributed by atoms with Crippen molar-refractivity contribution in [2.75, 3.05) is 12.4 Å². The van der Waals surface area contributed by atoms with E-state index in [1.807, 2.05) is 48.9 Å². The van der Waals surface area contributed by atoms with Crippen LogP contribution in [0.5, 0.6) is 5.75 Å². The first kappa shape index (κ1) is 18.4. The maximum absolute atomic E-state index is 13.7. The Morgan fingerprint density at radius 1 is 1.19 bits per heavy atom. The Bertz CT molecular complexity index is 994. The van der Waals surface area contributed by atoms with E-state index in [0.29, 0.717) is 5.69 Å². The summed E-state index contributed by atoms with van der Waals surface area (Å²) in [4.78, 5) is 12.2. The number of hydrogen-bond donors (Lipinski definition) is 1. The van der Waals surface area contributed by atoms with Gasteiger partial charge in [-0.1, -0.05) is 18.2 Å². The standard InChI is InChI=1S/C21H20FN3O2/c1-14-18(15(2)25(24-14)17-7-5-4-6-8-17)10-12-21(26)23-16-9-11-20(27-3)19(22)13-16/h4-13H,1-3H3,(H,23,26)/b12-10+. The van der Waals surface area contributed by atoms with Crippen LogP contribution in [0.3, 0.4) is 0 Å². The largest absolute Gasteiger partial charge is 0.494 e. The number of anilines is 1. The molecule has 3 rings (SSSR count). The molecule has 0 fully saturated rings. The fraction of sp³-hybridized carbons (Fsp3) is 0.143. The van der Waals surface area contributed by atoms with Crippen LogP contribution >= 0.6 is 0 Å². The minimum Gasteiger partial charge on any atom is -0.494 e. The van der Waals surface area contributed by atoms with Crippen molar-refractivity contribution in [2.45, 2.75) is 13.8 Å². The zero-order chi connectivity index (χ0) is 19.4. The Morgan fingerprint density at radius 2 is 1.93 bits per heavy atom. The highest BCUT2D eigenvalue weighted by Gasteiger charge is 2.11. The third-order valence-corrected chi connectivity index (χ3v) is 4.17. The van der Waals surface area contributed by atoms with Gasteiger partial charge in [0.15, 0.2) is 11.6 Å². The van der Waals surface area contributed by atoms with Crippen molar-refractivity contribution in [1.82, 2.24) is 9.78 Å². The lowest BCUT2D eigenvalue weighted by atomic mass is 10.2. The van der Waals surface area contributed by atoms with Crippen LogP contribution in [0.1, 0.15) is 17.0 Å². The molecule has 1 amide bonds. The minimum atomic E-state index is -0.532. The first-order valence-electron chi connectivity index (χ1n) is 8.44. The van der Waals surface area contributed by atoms with Gasteiger partial charge in [-0.3, -0.25) is 4.79 Å². The van der Waals surface area contributed by atoms with Crippen LogP contribution in [-0.4, -0.2) is 22.8 Å². The van der Waals surface area contributed by atoms with E-state index < -0.39 is 5.82 Å². The smallest absolute Gasteiger partial charge is 0.248 e. The van der Waals surface area contributed by atoms with Crippen molar-refractivity contribution in [2.24, 2.45) is 0 Å². The van der Waals surface area contributed by atoms with Crippen molar-refractivity contribution >= 4 is 17.7 Å². The van der Waals surface area contributed by atoms with Gasteiger partial charge in [0.2, 0.25) is 5.91 Å². The molecule has 0 bridgehead atoms. The van der Waals surface area contributed by atoms with E-state index in [2.05, 4.69) is 10.4 Å². The number of rotatable bonds is 5. The number of amides is 1. The molecule has 138 valence electrons. The Hall–Kier alpha value is -3.41. The molecule has 0 aliphatic rings. The fourth-order valence-electron chi connectivity index (χ4n) is 2.80. The van der Waals surface area contributed by atoms with Gasteiger partial charge in [-0.05, 0) is 44.2 Å². The second-order valence-corrected chi connectivity index (χ2v) is 6.00. The van der Waals surface area contributed by atoms with E-state index in [-0.39, 0.29) is 11.7 Å². The van der Waals surface area contributed by atoms with Crippen molar-refractivity contribution < 1.29 is 13.9 Å². The highest BCUT2D eigenvalue weighted by Crippen LogP contribution is 2.21. The van der Waals surface area contributed by atoms with Gasteiger partial charge in [0.05, 0.1) is 18.5 Å². The van der Waals surface area contributed by atoms with Gasteiger partial charge < -0.3 is 10.1 Å². The normalized spacial score (nSPS) is 11.0. The molecule has 3 aromatic rings. The molecule has 6 heteroatoms. The predicted molar refractivity (Wildman–Crippen MR) is 104 cm³/mol. The van der Waals surface area contributed by atoms with Crippen LogP contribution < -0.4 is 10.1 Å². The van der Waals surface area contributed by atoms with E-state index in [4.69, 9.17) is 4.74 Å². The molecule has 2 aromatic carbocycles. The summed E-state index contributed by atoms with van der Waals surface area (Å²) in [5.41, 5.74) is 3.93. The summed E-state index contributed by atoms with van der Waals surface area (Å²) < 4.78 is 20.4. The van der Waals surface area contributed by atoms with Gasteiger partial charge in [-0.25, -0.2) is 9.07 Å². The number of aryl methyl sites for hydroxylation is 1. The van der Waals surface area contributed by atoms with Gasteiger partial charge in [-0.2, -0.15) is 5.10 Å². The zero-order valence-electron chi connectivity index (χ0n) is 15.4. The average molecular weight is 365 g/mol. The third-order valence-electron chi connectivity index (χ3n) is 4.17. The molecule has 1 N–H and O–H groups in total. The van der Waals surface area contributed by atoms with Gasteiger partial charge in [0.25, 0.3) is 0 Å². The number of para-hydroxylation sites is 1. The molecule has 0 aliphatic carbocycles. The van der Waals surface area contributed by atoms with Crippen LogP contribution in [0.4, 0.5) is 10.1 Å². The number of carbonyl (C=O) groups is 1. The van der Waals surface area contributed by atoms with Gasteiger partial charge in [0, 0.05) is 29.1 Å². The second kappa shape index (κ2) is 7.86. The van der Waals surface area contributed by atoms with Crippen molar-refractivity contribution in [3.63, 3.8) is 0 Å². The molecule has 27 heavy (non-hydrogen) atoms. The van der Waals surface area contributed by atoms with E-state index >= 15 is 0 Å². The molecule has 0 aliphatic heterocycles. The molecular formula is C21H20FN3O2. The number of aromatic nitrogens is 2. The van der Waals surface area contributed by atoms with Crippen LogP contribution in [0.2, 0.25) is 0 Å². The summed E-state index contributed by atoms with van der Waals surface area (Å²) in [6, 6.07) is 14.0. The molecule has 1 aromatic heterocycles. The molecule has 5 nitrogen and oxygen atoms in total. The Balaban J connectivity index is 1.77. The summed E-state index contributed by atoms with van der Waals surface area (Å²) >= 11 is 0. The monoisotopic (exact) mass is 365 g/mol. The number of nitrogens with zero attached hydrogens (tertiary/aromatic N) is 2. The number of carbonyl (C=O) groups excluding carboxylic acids is 1. The number of ether oxygens (including phenoxy) is 1. The molecule has 0 unspecified atom stereocenters. The van der Waals surface area contributed by atoms with Crippen molar-refractivity contribution in [1.29, 1.82) is 0 Å². The Morgan fingerprint density at radius 3 is 2.59 bits per heavy atom. The highest BCUT2D eigenvalue weighted by molar-refractivity contribution is 6.02. The molecule has 0 radical (unpaired) electrons. The van der Waals surface area contributed by atoms with E-state index in [1.165, 1.54) is 25.3 Å². The Kier molecular flexibility index (Phi) is 5.35. The van der Waals surface area contributed by atoms with Gasteiger partial charge in [-0.15, -0.1) is 0 Å². The highest BCUT2D eigenvalue weighted by atomic mass is 19.1. The van der Waals surface area contributed by atoms with Crippen molar-refractivity contribution in [3.8, 4) is 11.4 Å². The number of halogens is 1. The predicted octanol–water partition coefficient (Wildman–Crippen LogP) is 4.29. The third kappa shape index (κ3) is 4.06. The average Bonchev–Trinajstić information content (AvgIpc) is 2.95. The van der Waals surface area contributed by atoms with Gasteiger partial charge >= 0.3 is 0 Å². The lowest BCUT2D eigenvalue weighted by molar-refractivity contribution is -0.111. The zero-order valence-corrected chi connectivity index (χ0v) is 15.4. The maximum atomic E-state index is 13.7. The van der Waals surface area contributed by atoms with E-state index in [9.17, 15) is 9.18 Å². The topological polar surface area (TPSA) is 56.1 Å². The fourth-order valence-corrected chi connectivity index (χ4v) is 2.80. The Labute approximate surface area is 157 Å². The summed E-state index contributed by atoms with van der Waals surface area (Å²) in [6.07, 6.45) is 3.13. The van der Waals surface area contributed by atoms with Crippen LogP contribution in [-0.2, 0) is 4.79 Å². The first-order chi connectivity index (χ1) is 13.0. The molecule has 0 saturated heterocycles. The SMILES string of the molecule is COc1ccc(NC(=O)/C=C/c2c(C)nn(-c3ccccc3)c2C)cc1F. The van der Waals surface area contributed by atoms with E-state index in [0.717, 1.165) is 22.6 Å². The lowest BCUT2D eigenvalue weighted by Gasteiger charge is -2.05.